The molecule has 0 fully saturated rings. The summed E-state index contributed by atoms with van der Waals surface area (Å²) in [7, 11) is 0. The third-order valence-corrected chi connectivity index (χ3v) is 5.88. The first-order valence-corrected chi connectivity index (χ1v) is 10.8. The number of rotatable bonds is 7. The molecule has 4 rings (SSSR count). The monoisotopic (exact) mass is 450 g/mol. The number of anilines is 1. The second-order valence-electron chi connectivity index (χ2n) is 6.68. The van der Waals surface area contributed by atoms with Crippen molar-refractivity contribution in [1.29, 1.82) is 0 Å². The number of nitrogens with zero attached hydrogens (tertiary/aromatic N) is 5. The summed E-state index contributed by atoms with van der Waals surface area (Å²) in [5.74, 6) is 0.697. The van der Waals surface area contributed by atoms with Gasteiger partial charge in [0.25, 0.3) is 0 Å². The molecule has 0 radical (unpaired) electrons. The highest BCUT2D eigenvalue weighted by Gasteiger charge is 2.22. The number of halogens is 1. The van der Waals surface area contributed by atoms with Crippen molar-refractivity contribution in [3.05, 3.63) is 83.6 Å². The molecule has 0 aliphatic rings. The van der Waals surface area contributed by atoms with E-state index in [1.165, 1.54) is 11.8 Å². The second-order valence-corrected chi connectivity index (χ2v) is 8.39. The Bertz CT molecular complexity index is 1170. The highest BCUT2D eigenvalue weighted by atomic mass is 35.5. The fourth-order valence-electron chi connectivity index (χ4n) is 2.91. The minimum atomic E-state index is -0.443. The van der Waals surface area contributed by atoms with Crippen LogP contribution < -0.4 is 5.32 Å². The smallest absolute Gasteiger partial charge is 0.240 e. The lowest BCUT2D eigenvalue weighted by molar-refractivity contribution is -0.115. The van der Waals surface area contributed by atoms with E-state index in [4.69, 9.17) is 11.6 Å². The van der Waals surface area contributed by atoms with Crippen molar-refractivity contribution in [2.24, 2.45) is 0 Å². The zero-order valence-corrected chi connectivity index (χ0v) is 18.2. The van der Waals surface area contributed by atoms with Crippen LogP contribution in [0.25, 0.3) is 11.4 Å². The molecule has 4 aromatic rings. The molecule has 1 atom stereocenters. The average molecular weight is 451 g/mol. The number of carbonyl (C=O) groups excluding carboxylic acids is 1. The molecule has 0 saturated carbocycles. The van der Waals surface area contributed by atoms with Crippen LogP contribution in [0.4, 0.5) is 5.95 Å². The van der Waals surface area contributed by atoms with E-state index < -0.39 is 5.25 Å². The molecule has 156 valence electrons. The second kappa shape index (κ2) is 9.72. The zero-order valence-electron chi connectivity index (χ0n) is 16.6. The van der Waals surface area contributed by atoms with Crippen LogP contribution in [-0.4, -0.2) is 35.9 Å². The van der Waals surface area contributed by atoms with Gasteiger partial charge in [-0.1, -0.05) is 65.8 Å². The van der Waals surface area contributed by atoms with Crippen molar-refractivity contribution in [2.45, 2.75) is 23.9 Å². The van der Waals surface area contributed by atoms with Gasteiger partial charge in [0, 0.05) is 18.0 Å². The van der Waals surface area contributed by atoms with Gasteiger partial charge in [-0.05, 0) is 30.7 Å². The molecule has 0 aliphatic heterocycles. The Balaban J connectivity index is 1.62. The third-order valence-electron chi connectivity index (χ3n) is 4.47. The minimum absolute atomic E-state index is 0.218. The summed E-state index contributed by atoms with van der Waals surface area (Å²) >= 11 is 7.74. The molecule has 7 nitrogen and oxygen atoms in total. The summed E-state index contributed by atoms with van der Waals surface area (Å²) in [5.41, 5.74) is 1.88. The molecule has 1 amide bonds. The molecule has 0 bridgehead atoms. The average Bonchev–Trinajstić information content (AvgIpc) is 3.17. The summed E-state index contributed by atoms with van der Waals surface area (Å²) in [5, 5.41) is 12.2. The molecular weight excluding hydrogens is 432 g/mol. The third kappa shape index (κ3) is 5.10. The maximum absolute atomic E-state index is 12.6. The molecule has 2 heterocycles. The lowest BCUT2D eigenvalue weighted by Gasteiger charge is -2.14. The minimum Gasteiger partial charge on any atom is -0.297 e. The van der Waals surface area contributed by atoms with Gasteiger partial charge in [0.1, 0.15) is 0 Å². The summed E-state index contributed by atoms with van der Waals surface area (Å²) in [6.45, 7) is 2.35. The van der Waals surface area contributed by atoms with E-state index in [1.807, 2.05) is 59.2 Å². The first kappa shape index (κ1) is 21.0. The van der Waals surface area contributed by atoms with Gasteiger partial charge >= 0.3 is 0 Å². The predicted molar refractivity (Wildman–Crippen MR) is 122 cm³/mol. The van der Waals surface area contributed by atoms with Crippen molar-refractivity contribution in [3.8, 4) is 11.4 Å². The Hall–Kier alpha value is -3.23. The van der Waals surface area contributed by atoms with Crippen molar-refractivity contribution in [2.75, 3.05) is 5.32 Å². The Kier molecular flexibility index (Phi) is 6.59. The van der Waals surface area contributed by atoms with E-state index in [0.717, 1.165) is 11.1 Å². The van der Waals surface area contributed by atoms with Gasteiger partial charge in [-0.2, -0.15) is 0 Å². The molecule has 1 N–H and O–H groups in total. The molecule has 0 aliphatic carbocycles. The van der Waals surface area contributed by atoms with Crippen LogP contribution in [0.1, 0.15) is 12.5 Å². The lowest BCUT2D eigenvalue weighted by Crippen LogP contribution is -2.24. The molecule has 0 saturated heterocycles. The molecule has 2 aromatic carbocycles. The Morgan fingerprint density at radius 1 is 1.03 bits per heavy atom. The summed E-state index contributed by atoms with van der Waals surface area (Å²) in [4.78, 5) is 20.7. The summed E-state index contributed by atoms with van der Waals surface area (Å²) in [6.07, 6.45) is 3.15. The molecule has 1 unspecified atom stereocenters. The van der Waals surface area contributed by atoms with Crippen LogP contribution in [0.3, 0.4) is 0 Å². The van der Waals surface area contributed by atoms with E-state index in [-0.39, 0.29) is 11.9 Å². The van der Waals surface area contributed by atoms with Gasteiger partial charge in [-0.25, -0.2) is 9.97 Å². The first-order chi connectivity index (χ1) is 15.1. The van der Waals surface area contributed by atoms with E-state index in [0.29, 0.717) is 22.5 Å². The SMILES string of the molecule is CC(Sc1nnc(-c2ccccc2Cl)n1Cc1ccccc1)C(=O)Nc1ncccn1. The van der Waals surface area contributed by atoms with Crippen LogP contribution in [0, 0.1) is 0 Å². The molecular formula is C22H19ClN6OS. The van der Waals surface area contributed by atoms with Crippen LogP contribution in [0.2, 0.25) is 5.02 Å². The fourth-order valence-corrected chi connectivity index (χ4v) is 3.98. The molecule has 0 spiro atoms. The van der Waals surface area contributed by atoms with E-state index >= 15 is 0 Å². The topological polar surface area (TPSA) is 85.6 Å². The standard InChI is InChI=1S/C22H19ClN6OS/c1-15(20(30)26-21-24-12-7-13-25-21)31-22-28-27-19(17-10-5-6-11-18(17)23)29(22)14-16-8-3-2-4-9-16/h2-13,15H,14H2,1H3,(H,24,25,26,30). The first-order valence-electron chi connectivity index (χ1n) is 9.58. The molecule has 9 heteroatoms. The number of hydrogen-bond acceptors (Lipinski definition) is 6. The van der Waals surface area contributed by atoms with Gasteiger partial charge in [-0.15, -0.1) is 10.2 Å². The quantitative estimate of drug-likeness (QED) is 0.415. The Labute approximate surface area is 188 Å². The van der Waals surface area contributed by atoms with Gasteiger partial charge in [0.2, 0.25) is 11.9 Å². The number of carbonyl (C=O) groups is 1. The van der Waals surface area contributed by atoms with Gasteiger partial charge < -0.3 is 0 Å². The normalized spacial score (nSPS) is 11.8. The highest BCUT2D eigenvalue weighted by Crippen LogP contribution is 2.31. The van der Waals surface area contributed by atoms with E-state index in [9.17, 15) is 4.79 Å². The fraction of sp³-hybridized carbons (Fsp3) is 0.136. The predicted octanol–water partition coefficient (Wildman–Crippen LogP) is 4.56. The molecule has 31 heavy (non-hydrogen) atoms. The summed E-state index contributed by atoms with van der Waals surface area (Å²) < 4.78 is 1.98. The van der Waals surface area contributed by atoms with Gasteiger partial charge in [-0.3, -0.25) is 14.7 Å². The van der Waals surface area contributed by atoms with Crippen molar-refractivity contribution in [1.82, 2.24) is 24.7 Å². The van der Waals surface area contributed by atoms with Crippen molar-refractivity contribution >= 4 is 35.2 Å². The van der Waals surface area contributed by atoms with Gasteiger partial charge in [0.15, 0.2) is 11.0 Å². The zero-order chi connectivity index (χ0) is 21.6. The van der Waals surface area contributed by atoms with Crippen LogP contribution in [-0.2, 0) is 11.3 Å². The largest absolute Gasteiger partial charge is 0.297 e. The maximum atomic E-state index is 12.6. The van der Waals surface area contributed by atoms with Crippen molar-refractivity contribution < 1.29 is 4.79 Å². The van der Waals surface area contributed by atoms with E-state index in [2.05, 4.69) is 25.5 Å². The number of thioether (sulfide) groups is 1. The van der Waals surface area contributed by atoms with Crippen LogP contribution in [0.5, 0.6) is 0 Å². The lowest BCUT2D eigenvalue weighted by atomic mass is 10.2. The number of nitrogens with one attached hydrogen (secondary N) is 1. The highest BCUT2D eigenvalue weighted by molar-refractivity contribution is 8.00. The van der Waals surface area contributed by atoms with E-state index in [1.54, 1.807) is 25.4 Å². The number of benzene rings is 2. The van der Waals surface area contributed by atoms with Gasteiger partial charge in [0.05, 0.1) is 16.8 Å². The Morgan fingerprint density at radius 3 is 2.48 bits per heavy atom. The summed E-state index contributed by atoms with van der Waals surface area (Å²) in [6, 6.07) is 19.2. The van der Waals surface area contributed by atoms with Crippen LogP contribution >= 0.6 is 23.4 Å². The number of amides is 1. The van der Waals surface area contributed by atoms with Crippen LogP contribution in [0.15, 0.2) is 78.2 Å². The Morgan fingerprint density at radius 2 is 1.74 bits per heavy atom. The maximum Gasteiger partial charge on any atom is 0.240 e. The molecule has 2 aromatic heterocycles. The van der Waals surface area contributed by atoms with Crippen molar-refractivity contribution in [3.63, 3.8) is 0 Å². The number of hydrogen-bond donors (Lipinski definition) is 1. The number of aromatic nitrogens is 5.